The maximum Gasteiger partial charge on any atom is 0.492 e. The van der Waals surface area contributed by atoms with Crippen LogP contribution in [0.2, 0.25) is 0 Å². The van der Waals surface area contributed by atoms with Gasteiger partial charge in [-0.05, 0) is 22.2 Å². The number of fused-ring (bicyclic) bond motifs is 1. The monoisotopic (exact) mass is 513 g/mol. The first-order valence-corrected chi connectivity index (χ1v) is 11.4. The number of amides is 1. The number of imidazole rings is 1. The third kappa shape index (κ3) is 4.88. The fourth-order valence-corrected chi connectivity index (χ4v) is 4.84. The number of likely N-dealkylation sites (tertiary alicyclic amines) is 1. The first-order chi connectivity index (χ1) is 16.4. The van der Waals surface area contributed by atoms with Gasteiger partial charge in [0.15, 0.2) is 0 Å². The summed E-state index contributed by atoms with van der Waals surface area (Å²) < 4.78 is 66.4. The first-order valence-electron chi connectivity index (χ1n) is 9.98. The number of rotatable bonds is 6. The van der Waals surface area contributed by atoms with Crippen LogP contribution in [0.5, 0.6) is 0 Å². The number of anilines is 1. The molecule has 16 heteroatoms. The van der Waals surface area contributed by atoms with Gasteiger partial charge in [-0.25, -0.2) is 28.2 Å². The molecule has 1 aliphatic heterocycles. The Morgan fingerprint density at radius 1 is 1.26 bits per heavy atom. The molecule has 3 heterocycles. The summed E-state index contributed by atoms with van der Waals surface area (Å²) in [6, 6.07) is 4.18. The van der Waals surface area contributed by atoms with Crippen LogP contribution in [0.15, 0.2) is 41.7 Å². The third-order valence-corrected chi connectivity index (χ3v) is 6.87. The molecule has 0 atom stereocenters. The van der Waals surface area contributed by atoms with Crippen LogP contribution in [0.1, 0.15) is 18.2 Å². The minimum absolute atomic E-state index is 0.0164. The van der Waals surface area contributed by atoms with E-state index in [4.69, 9.17) is 5.73 Å². The average molecular weight is 513 g/mol. The zero-order valence-electron chi connectivity index (χ0n) is 18.0. The van der Waals surface area contributed by atoms with E-state index in [0.717, 1.165) is 6.07 Å². The molecule has 2 N–H and O–H groups in total. The smallest absolute Gasteiger partial charge is 0.369 e. The van der Waals surface area contributed by atoms with Crippen molar-refractivity contribution in [1.29, 1.82) is 0 Å². The van der Waals surface area contributed by atoms with Crippen molar-refractivity contribution in [2.24, 2.45) is 0 Å². The molecular formula is C19H18F3N7O5S. The molecule has 1 aromatic carbocycles. The largest absolute Gasteiger partial charge is 0.492 e. The van der Waals surface area contributed by atoms with Crippen LogP contribution < -0.4 is 5.73 Å². The van der Waals surface area contributed by atoms with Crippen molar-refractivity contribution in [1.82, 2.24) is 28.7 Å². The molecule has 2 aromatic heterocycles. The molecule has 1 fully saturated rings. The van der Waals surface area contributed by atoms with Crippen molar-refractivity contribution in [3.63, 3.8) is 0 Å². The van der Waals surface area contributed by atoms with Gasteiger partial charge in [-0.2, -0.15) is 13.2 Å². The van der Waals surface area contributed by atoms with E-state index in [1.807, 2.05) is 0 Å². The maximum atomic E-state index is 13.2. The number of nitrogens with zero attached hydrogens (tertiary/aromatic N) is 6. The predicted molar refractivity (Wildman–Crippen MR) is 112 cm³/mol. The Morgan fingerprint density at radius 3 is 2.60 bits per heavy atom. The van der Waals surface area contributed by atoms with E-state index in [1.54, 1.807) is 12.3 Å². The molecule has 4 rings (SSSR count). The predicted octanol–water partition coefficient (Wildman–Crippen LogP) is 0.539. The zero-order valence-corrected chi connectivity index (χ0v) is 18.8. The third-order valence-electron chi connectivity index (χ3n) is 5.18. The summed E-state index contributed by atoms with van der Waals surface area (Å²) in [4.78, 5) is 40.1. The van der Waals surface area contributed by atoms with E-state index in [0.29, 0.717) is 11.3 Å². The molecule has 0 aliphatic carbocycles. The number of hydroxylamine groups is 1. The molecule has 186 valence electrons. The Labute approximate surface area is 196 Å². The summed E-state index contributed by atoms with van der Waals surface area (Å²) >= 11 is 0. The topological polar surface area (TPSA) is 153 Å². The summed E-state index contributed by atoms with van der Waals surface area (Å²) in [6.07, 6.45) is -2.49. The number of nitrogen functional groups attached to an aromatic ring is 1. The second-order valence-corrected chi connectivity index (χ2v) is 9.45. The summed E-state index contributed by atoms with van der Waals surface area (Å²) in [6.45, 7) is 0.755. The number of hydrogen-bond donors (Lipinski definition) is 1. The molecule has 3 aromatic rings. The molecule has 35 heavy (non-hydrogen) atoms. The second-order valence-electron chi connectivity index (χ2n) is 7.67. The molecule has 0 spiro atoms. The van der Waals surface area contributed by atoms with Gasteiger partial charge >= 0.3 is 12.1 Å². The normalized spacial score (nSPS) is 14.8. The van der Waals surface area contributed by atoms with Crippen molar-refractivity contribution >= 4 is 33.6 Å². The molecule has 0 unspecified atom stereocenters. The highest BCUT2D eigenvalue weighted by Crippen LogP contribution is 2.28. The summed E-state index contributed by atoms with van der Waals surface area (Å²) in [5.74, 6) is -2.67. The number of sulfonamides is 1. The lowest BCUT2D eigenvalue weighted by Crippen LogP contribution is -2.62. The highest BCUT2D eigenvalue weighted by molar-refractivity contribution is 7.89. The number of alkyl halides is 3. The van der Waals surface area contributed by atoms with Crippen molar-refractivity contribution in [3.05, 3.63) is 48.0 Å². The standard InChI is InChI=1S/C19H18F3N7O5S/c1-11(30)27-8-14(9-27)29(34-16(31)19(20,21)22)35(32,33)15-4-2-3-12(6-15)5-13-7-28-17(23)24-10-25-18(28)26-13/h2-4,6-7,10,14H,5,8-9H2,1H3,(H2,23,24,25,26). The lowest BCUT2D eigenvalue weighted by molar-refractivity contribution is -0.231. The molecular weight excluding hydrogens is 495 g/mol. The molecule has 1 aliphatic rings. The van der Waals surface area contributed by atoms with Gasteiger partial charge in [-0.1, -0.05) is 12.1 Å². The Morgan fingerprint density at radius 2 is 1.97 bits per heavy atom. The number of aromatic nitrogens is 4. The number of carbonyl (C=O) groups is 2. The molecule has 0 radical (unpaired) electrons. The number of carbonyl (C=O) groups excluding carboxylic acids is 2. The maximum absolute atomic E-state index is 13.2. The average Bonchev–Trinajstić information content (AvgIpc) is 3.15. The molecule has 1 amide bonds. The Bertz CT molecular complexity index is 1400. The lowest BCUT2D eigenvalue weighted by atomic mass is 10.1. The van der Waals surface area contributed by atoms with E-state index >= 15 is 0 Å². The summed E-state index contributed by atoms with van der Waals surface area (Å²) in [5, 5.41) is 0. The fraction of sp³-hybridized carbons (Fsp3) is 0.316. The quantitative estimate of drug-likeness (QED) is 0.465. The van der Waals surface area contributed by atoms with Crippen LogP contribution in [0.4, 0.5) is 19.1 Å². The van der Waals surface area contributed by atoms with Crippen molar-refractivity contribution in [3.8, 4) is 0 Å². The minimum Gasteiger partial charge on any atom is -0.369 e. The van der Waals surface area contributed by atoms with Gasteiger partial charge in [-0.15, -0.1) is 0 Å². The van der Waals surface area contributed by atoms with Crippen molar-refractivity contribution in [2.75, 3.05) is 18.8 Å². The van der Waals surface area contributed by atoms with Crippen LogP contribution in [0.3, 0.4) is 0 Å². The highest BCUT2D eigenvalue weighted by atomic mass is 32.2. The SMILES string of the molecule is CC(=O)N1CC(N(OC(=O)C(F)(F)F)S(=O)(=O)c2cccc(Cc3cn4c(N)ncnc4n3)c2)C1. The van der Waals surface area contributed by atoms with E-state index < -0.39 is 39.0 Å². The van der Waals surface area contributed by atoms with Crippen molar-refractivity contribution in [2.45, 2.75) is 30.5 Å². The van der Waals surface area contributed by atoms with Gasteiger partial charge < -0.3 is 15.5 Å². The van der Waals surface area contributed by atoms with E-state index in [9.17, 15) is 31.2 Å². The van der Waals surface area contributed by atoms with Crippen LogP contribution in [-0.4, -0.2) is 74.3 Å². The number of hydrogen-bond acceptors (Lipinski definition) is 9. The number of nitrogens with two attached hydrogens (primary N) is 1. The van der Waals surface area contributed by atoms with Gasteiger partial charge in [0.1, 0.15) is 6.33 Å². The molecule has 0 saturated carbocycles. The lowest BCUT2D eigenvalue weighted by Gasteiger charge is -2.42. The van der Waals surface area contributed by atoms with Crippen LogP contribution in [0.25, 0.3) is 5.78 Å². The molecule has 0 bridgehead atoms. The fourth-order valence-electron chi connectivity index (χ4n) is 3.39. The van der Waals surface area contributed by atoms with Crippen molar-refractivity contribution < 1.29 is 36.0 Å². The number of halogens is 3. The summed E-state index contributed by atoms with van der Waals surface area (Å²) in [5.41, 5.74) is 6.69. The van der Waals surface area contributed by atoms with Crippen LogP contribution in [-0.2, 0) is 30.9 Å². The second kappa shape index (κ2) is 8.77. The minimum atomic E-state index is -5.42. The van der Waals surface area contributed by atoms with E-state index in [1.165, 1.54) is 34.7 Å². The van der Waals surface area contributed by atoms with Gasteiger partial charge in [0.25, 0.3) is 10.0 Å². The van der Waals surface area contributed by atoms with Crippen LogP contribution in [0, 0.1) is 0 Å². The Hall–Kier alpha value is -3.79. The van der Waals surface area contributed by atoms with Gasteiger partial charge in [0, 0.05) is 32.6 Å². The Kier molecular flexibility index (Phi) is 6.10. The highest BCUT2D eigenvalue weighted by Gasteiger charge is 2.49. The molecule has 12 nitrogen and oxygen atoms in total. The van der Waals surface area contributed by atoms with Gasteiger partial charge in [0.2, 0.25) is 17.6 Å². The van der Waals surface area contributed by atoms with Gasteiger partial charge in [-0.3, -0.25) is 9.20 Å². The van der Waals surface area contributed by atoms with E-state index in [2.05, 4.69) is 19.8 Å². The van der Waals surface area contributed by atoms with E-state index in [-0.39, 0.29) is 35.7 Å². The molecule has 1 saturated heterocycles. The van der Waals surface area contributed by atoms with Crippen LogP contribution >= 0.6 is 0 Å². The number of benzene rings is 1. The zero-order chi connectivity index (χ0) is 25.5. The van der Waals surface area contributed by atoms with Gasteiger partial charge in [0.05, 0.1) is 16.6 Å². The first kappa shape index (κ1) is 24.3. The summed E-state index contributed by atoms with van der Waals surface area (Å²) in [7, 11) is -4.73. The Balaban J connectivity index is 1.62.